The van der Waals surface area contributed by atoms with E-state index in [4.69, 9.17) is 18.9 Å². The van der Waals surface area contributed by atoms with Crippen molar-refractivity contribution in [2.24, 2.45) is 5.92 Å². The molecule has 0 aromatic rings. The zero-order valence-electron chi connectivity index (χ0n) is 15.2. The molecule has 11 nitrogen and oxygen atoms in total. The maximum atomic E-state index is 11.6. The monoisotopic (exact) mass is 410 g/mol. The summed E-state index contributed by atoms with van der Waals surface area (Å²) in [7, 11) is 0. The second kappa shape index (κ2) is 11.2. The van der Waals surface area contributed by atoms with Crippen LogP contribution in [0.3, 0.4) is 0 Å². The molecular weight excluding hydrogens is 386 g/mol. The number of aliphatic hydroxyl groups is 1. The highest BCUT2D eigenvalue weighted by atomic mass is 32.2. The summed E-state index contributed by atoms with van der Waals surface area (Å²) in [6, 6.07) is 0. The van der Waals surface area contributed by atoms with Crippen molar-refractivity contribution >= 4 is 29.1 Å². The minimum absolute atomic E-state index is 0.0865. The van der Waals surface area contributed by atoms with Crippen LogP contribution in [0.15, 0.2) is 0 Å². The van der Waals surface area contributed by atoms with Gasteiger partial charge in [0.2, 0.25) is 0 Å². The van der Waals surface area contributed by atoms with Gasteiger partial charge in [0.15, 0.2) is 12.4 Å². The maximum absolute atomic E-state index is 11.6. The van der Waals surface area contributed by atoms with E-state index in [9.17, 15) is 28.3 Å². The average Bonchev–Trinajstić information content (AvgIpc) is 2.55. The van der Waals surface area contributed by atoms with Crippen LogP contribution >= 0.6 is 0 Å². The van der Waals surface area contributed by atoms with Gasteiger partial charge in [-0.25, -0.2) is 4.79 Å². The largest absolute Gasteiger partial charge is 0.772 e. The Morgan fingerprint density at radius 2 is 1.78 bits per heavy atom. The molecule has 1 fully saturated rings. The lowest BCUT2D eigenvalue weighted by Crippen LogP contribution is -2.57. The summed E-state index contributed by atoms with van der Waals surface area (Å²) in [6.07, 6.45) is -5.14. The van der Waals surface area contributed by atoms with Gasteiger partial charge in [-0.05, 0) is 6.42 Å². The van der Waals surface area contributed by atoms with Crippen molar-refractivity contribution in [3.05, 3.63) is 0 Å². The first-order chi connectivity index (χ1) is 12.6. The molecule has 1 rings (SSSR count). The van der Waals surface area contributed by atoms with Gasteiger partial charge in [-0.15, -0.1) is 0 Å². The third-order valence-corrected chi connectivity index (χ3v) is 4.39. The fourth-order valence-electron chi connectivity index (χ4n) is 2.52. The normalized spacial score (nSPS) is 28.7. The van der Waals surface area contributed by atoms with Crippen LogP contribution in [-0.4, -0.2) is 75.4 Å². The predicted octanol–water partition coefficient (Wildman–Crippen LogP) is -0.801. The summed E-state index contributed by atoms with van der Waals surface area (Å²) < 4.78 is 41.2. The van der Waals surface area contributed by atoms with Crippen molar-refractivity contribution in [2.45, 2.75) is 51.8 Å². The van der Waals surface area contributed by atoms with Crippen LogP contribution in [0.25, 0.3) is 0 Å². The number of alkyl carbamates (subject to hydrolysis) is 1. The highest BCUT2D eigenvalue weighted by molar-refractivity contribution is 7.79. The van der Waals surface area contributed by atoms with Crippen LogP contribution in [0.4, 0.5) is 4.79 Å². The summed E-state index contributed by atoms with van der Waals surface area (Å²) in [5.41, 5.74) is 0. The van der Waals surface area contributed by atoms with Crippen LogP contribution in [0.5, 0.6) is 0 Å². The molecule has 1 saturated heterocycles. The Hall–Kier alpha value is -1.76. The number of rotatable bonds is 8. The van der Waals surface area contributed by atoms with Crippen LogP contribution in [0.1, 0.15) is 27.2 Å². The number of hydrogen-bond donors (Lipinski definition) is 2. The molecule has 0 saturated carbocycles. The summed E-state index contributed by atoms with van der Waals surface area (Å²) in [4.78, 5) is 34.2. The molecule has 0 radical (unpaired) electrons. The SMILES string of the molecule is CC(=O)O[C@H]1[C@H](C)[C@@H](COC(=O)NCCCS(=O)[O-])OC(O)[C@@H]1OC(C)=O. The van der Waals surface area contributed by atoms with E-state index in [-0.39, 0.29) is 25.3 Å². The lowest BCUT2D eigenvalue weighted by atomic mass is 9.90. The zero-order valence-corrected chi connectivity index (χ0v) is 16.1. The van der Waals surface area contributed by atoms with E-state index >= 15 is 0 Å². The number of aliphatic hydroxyl groups excluding tert-OH is 1. The molecule has 0 bridgehead atoms. The Morgan fingerprint density at radius 3 is 2.33 bits per heavy atom. The predicted molar refractivity (Wildman–Crippen MR) is 88.9 cm³/mol. The van der Waals surface area contributed by atoms with Crippen molar-refractivity contribution in [1.29, 1.82) is 0 Å². The third-order valence-electron chi connectivity index (χ3n) is 3.76. The zero-order chi connectivity index (χ0) is 20.6. The Bertz CT molecular complexity index is 557. The van der Waals surface area contributed by atoms with Gasteiger partial charge in [0, 0.05) is 32.1 Å². The molecule has 0 aromatic heterocycles. The summed E-state index contributed by atoms with van der Waals surface area (Å²) in [5, 5.41) is 12.4. The molecule has 0 aliphatic carbocycles. The second-order valence-corrected chi connectivity index (χ2v) is 6.97. The van der Waals surface area contributed by atoms with E-state index in [1.807, 2.05) is 0 Å². The summed E-state index contributed by atoms with van der Waals surface area (Å²) >= 11 is -2.18. The first-order valence-electron chi connectivity index (χ1n) is 8.26. The van der Waals surface area contributed by atoms with Gasteiger partial charge in [0.05, 0.1) is 0 Å². The summed E-state index contributed by atoms with van der Waals surface area (Å²) in [6.45, 7) is 3.80. The minimum Gasteiger partial charge on any atom is -0.772 e. The molecule has 0 spiro atoms. The van der Waals surface area contributed by atoms with Gasteiger partial charge < -0.3 is 33.9 Å². The van der Waals surface area contributed by atoms with Crippen molar-refractivity contribution in [1.82, 2.24) is 5.32 Å². The van der Waals surface area contributed by atoms with Crippen molar-refractivity contribution in [2.75, 3.05) is 18.9 Å². The molecule has 27 heavy (non-hydrogen) atoms. The van der Waals surface area contributed by atoms with Crippen LogP contribution < -0.4 is 5.32 Å². The summed E-state index contributed by atoms with van der Waals surface area (Å²) in [5.74, 6) is -1.96. The molecule has 0 aromatic carbocycles. The van der Waals surface area contributed by atoms with Gasteiger partial charge in [-0.3, -0.25) is 13.8 Å². The van der Waals surface area contributed by atoms with Gasteiger partial charge in [0.25, 0.3) is 0 Å². The van der Waals surface area contributed by atoms with Crippen LogP contribution in [0, 0.1) is 5.92 Å². The number of esters is 2. The molecule has 1 aliphatic heterocycles. The Morgan fingerprint density at radius 1 is 1.19 bits per heavy atom. The highest BCUT2D eigenvalue weighted by Gasteiger charge is 2.47. The lowest BCUT2D eigenvalue weighted by Gasteiger charge is -2.42. The van der Waals surface area contributed by atoms with Gasteiger partial charge in [-0.1, -0.05) is 18.0 Å². The van der Waals surface area contributed by atoms with Crippen LogP contribution in [0.2, 0.25) is 0 Å². The molecule has 6 atom stereocenters. The minimum atomic E-state index is -2.18. The van der Waals surface area contributed by atoms with Crippen molar-refractivity contribution < 1.29 is 47.2 Å². The lowest BCUT2D eigenvalue weighted by molar-refractivity contribution is -0.279. The quantitative estimate of drug-likeness (QED) is 0.224. The molecular formula is C15H24NO10S-. The van der Waals surface area contributed by atoms with E-state index in [2.05, 4.69) is 5.32 Å². The third kappa shape index (κ3) is 8.20. The Labute approximate surface area is 159 Å². The molecule has 2 N–H and O–H groups in total. The van der Waals surface area contributed by atoms with E-state index in [0.29, 0.717) is 0 Å². The molecule has 12 heteroatoms. The topological polar surface area (TPSA) is 161 Å². The number of nitrogens with one attached hydrogen (secondary N) is 1. The number of hydrogen-bond acceptors (Lipinski definition) is 10. The molecule has 2 unspecified atom stereocenters. The molecule has 1 aliphatic rings. The first kappa shape index (κ1) is 23.3. The van der Waals surface area contributed by atoms with Crippen LogP contribution in [-0.2, 0) is 39.6 Å². The standard InChI is InChI=1S/C15H25NO10S/c1-8-11(7-23-15(20)16-5-4-6-27(21)22)26-14(19)13(25-10(3)18)12(8)24-9(2)17/h8,11-14,19H,4-7H2,1-3H3,(H,16,20)(H,21,22)/p-1/t8-,11-,12+,13-,14?/m1/s1. The van der Waals surface area contributed by atoms with Gasteiger partial charge in [0.1, 0.15) is 18.8 Å². The van der Waals surface area contributed by atoms with E-state index in [1.165, 1.54) is 6.92 Å². The van der Waals surface area contributed by atoms with E-state index in [1.54, 1.807) is 6.92 Å². The van der Waals surface area contributed by atoms with Gasteiger partial charge >= 0.3 is 18.0 Å². The smallest absolute Gasteiger partial charge is 0.407 e. The fraction of sp³-hybridized carbons (Fsp3) is 0.800. The highest BCUT2D eigenvalue weighted by Crippen LogP contribution is 2.29. The van der Waals surface area contributed by atoms with Gasteiger partial charge in [-0.2, -0.15) is 0 Å². The van der Waals surface area contributed by atoms with Crippen molar-refractivity contribution in [3.8, 4) is 0 Å². The molecule has 1 heterocycles. The Balaban J connectivity index is 2.60. The van der Waals surface area contributed by atoms with Crippen molar-refractivity contribution in [3.63, 3.8) is 0 Å². The average molecular weight is 410 g/mol. The number of carbonyl (C=O) groups excluding carboxylic acids is 3. The number of amides is 1. The number of ether oxygens (including phenoxy) is 4. The first-order valence-corrected chi connectivity index (χ1v) is 9.50. The fourth-order valence-corrected chi connectivity index (χ4v) is 2.90. The molecule has 1 amide bonds. The molecule has 156 valence electrons. The maximum Gasteiger partial charge on any atom is 0.407 e. The Kier molecular flexibility index (Phi) is 9.63. The van der Waals surface area contributed by atoms with E-state index < -0.39 is 59.6 Å². The van der Waals surface area contributed by atoms with E-state index in [0.717, 1.165) is 6.92 Å². The number of carbonyl (C=O) groups is 3. The second-order valence-electron chi connectivity index (χ2n) is 5.96.